The van der Waals surface area contributed by atoms with Crippen molar-refractivity contribution in [2.45, 2.75) is 25.3 Å². The Labute approximate surface area is 126 Å². The molecule has 0 unspecified atom stereocenters. The maximum absolute atomic E-state index is 11.8. The predicted molar refractivity (Wildman–Crippen MR) is 85.8 cm³/mol. The summed E-state index contributed by atoms with van der Waals surface area (Å²) in [5, 5.41) is 3.28. The summed E-state index contributed by atoms with van der Waals surface area (Å²) >= 11 is 0. The summed E-state index contributed by atoms with van der Waals surface area (Å²) < 4.78 is 26.1. The molecule has 5 heteroatoms. The van der Waals surface area contributed by atoms with Crippen molar-refractivity contribution in [3.05, 3.63) is 59.7 Å². The zero-order chi connectivity index (χ0) is 15.3. The molecule has 0 bridgehead atoms. The quantitative estimate of drug-likeness (QED) is 0.862. The van der Waals surface area contributed by atoms with Gasteiger partial charge in [-0.3, -0.25) is 0 Å². The Hall–Kier alpha value is -1.85. The fourth-order valence-electron chi connectivity index (χ4n) is 1.94. The normalized spacial score (nSPS) is 11.3. The lowest BCUT2D eigenvalue weighted by atomic mass is 10.1. The Bertz CT molecular complexity index is 677. The van der Waals surface area contributed by atoms with E-state index in [0.29, 0.717) is 13.1 Å². The molecule has 112 valence electrons. The predicted octanol–water partition coefficient (Wildman–Crippen LogP) is 2.91. The van der Waals surface area contributed by atoms with Crippen LogP contribution < -0.4 is 10.0 Å². The van der Waals surface area contributed by atoms with E-state index >= 15 is 0 Å². The molecule has 2 N–H and O–H groups in total. The number of hydrogen-bond acceptors (Lipinski definition) is 3. The summed E-state index contributed by atoms with van der Waals surface area (Å²) in [6.45, 7) is 4.91. The first-order valence-corrected chi connectivity index (χ1v) is 8.39. The van der Waals surface area contributed by atoms with Gasteiger partial charge in [0.1, 0.15) is 0 Å². The van der Waals surface area contributed by atoms with Gasteiger partial charge < -0.3 is 5.32 Å². The molecule has 0 fully saturated rings. The summed E-state index contributed by atoms with van der Waals surface area (Å²) in [5.74, 6) is 0. The smallest absolute Gasteiger partial charge is 0.240 e. The molecule has 21 heavy (non-hydrogen) atoms. The Morgan fingerprint density at radius 2 is 1.57 bits per heavy atom. The van der Waals surface area contributed by atoms with Crippen LogP contribution in [-0.4, -0.2) is 15.0 Å². The van der Waals surface area contributed by atoms with Gasteiger partial charge in [-0.15, -0.1) is 0 Å². The SMILES string of the molecule is CCNS(=O)(=O)c1ccc(NCc2ccc(C)cc2)cc1. The first-order valence-electron chi connectivity index (χ1n) is 6.90. The highest BCUT2D eigenvalue weighted by atomic mass is 32.2. The molecule has 0 aliphatic carbocycles. The highest BCUT2D eigenvalue weighted by Gasteiger charge is 2.11. The van der Waals surface area contributed by atoms with Crippen molar-refractivity contribution in [2.75, 3.05) is 11.9 Å². The summed E-state index contributed by atoms with van der Waals surface area (Å²) in [6.07, 6.45) is 0. The van der Waals surface area contributed by atoms with Gasteiger partial charge in [-0.2, -0.15) is 0 Å². The van der Waals surface area contributed by atoms with Crippen molar-refractivity contribution in [2.24, 2.45) is 0 Å². The van der Waals surface area contributed by atoms with Gasteiger partial charge in [-0.05, 0) is 36.8 Å². The van der Waals surface area contributed by atoms with Crippen LogP contribution >= 0.6 is 0 Å². The minimum Gasteiger partial charge on any atom is -0.381 e. The Balaban J connectivity index is 2.01. The minimum atomic E-state index is -3.38. The molecule has 0 aliphatic heterocycles. The van der Waals surface area contributed by atoms with Crippen molar-refractivity contribution >= 4 is 15.7 Å². The second kappa shape index (κ2) is 6.74. The number of nitrogens with one attached hydrogen (secondary N) is 2. The van der Waals surface area contributed by atoms with Crippen molar-refractivity contribution < 1.29 is 8.42 Å². The fraction of sp³-hybridized carbons (Fsp3) is 0.250. The van der Waals surface area contributed by atoms with Crippen molar-refractivity contribution in [1.82, 2.24) is 4.72 Å². The lowest BCUT2D eigenvalue weighted by Gasteiger charge is -2.09. The van der Waals surface area contributed by atoms with Crippen LogP contribution in [0.1, 0.15) is 18.1 Å². The van der Waals surface area contributed by atoms with Crippen molar-refractivity contribution in [1.29, 1.82) is 0 Å². The molecule has 2 aromatic carbocycles. The van der Waals surface area contributed by atoms with Gasteiger partial charge in [0.05, 0.1) is 4.90 Å². The zero-order valence-electron chi connectivity index (χ0n) is 12.3. The molecular weight excluding hydrogens is 284 g/mol. The average molecular weight is 304 g/mol. The third kappa shape index (κ3) is 4.31. The number of hydrogen-bond donors (Lipinski definition) is 2. The minimum absolute atomic E-state index is 0.283. The van der Waals surface area contributed by atoms with E-state index in [4.69, 9.17) is 0 Å². The molecule has 0 aromatic heterocycles. The van der Waals surface area contributed by atoms with E-state index < -0.39 is 10.0 Å². The van der Waals surface area contributed by atoms with Gasteiger partial charge in [0.2, 0.25) is 10.0 Å². The Kier molecular flexibility index (Phi) is 4.98. The van der Waals surface area contributed by atoms with Crippen LogP contribution in [0, 0.1) is 6.92 Å². The van der Waals surface area contributed by atoms with Crippen molar-refractivity contribution in [3.63, 3.8) is 0 Å². The number of aryl methyl sites for hydroxylation is 1. The lowest BCUT2D eigenvalue weighted by molar-refractivity contribution is 0.584. The van der Waals surface area contributed by atoms with E-state index in [0.717, 1.165) is 5.69 Å². The van der Waals surface area contributed by atoms with E-state index in [-0.39, 0.29) is 4.90 Å². The number of anilines is 1. The summed E-state index contributed by atoms with van der Waals surface area (Å²) in [4.78, 5) is 0.283. The molecule has 0 heterocycles. The number of benzene rings is 2. The van der Waals surface area contributed by atoms with Crippen LogP contribution in [0.15, 0.2) is 53.4 Å². The first kappa shape index (κ1) is 15.5. The van der Waals surface area contributed by atoms with Gasteiger partial charge in [0, 0.05) is 18.8 Å². The number of sulfonamides is 1. The monoisotopic (exact) mass is 304 g/mol. The molecular formula is C16H20N2O2S. The molecule has 2 rings (SSSR count). The van der Waals surface area contributed by atoms with E-state index in [1.165, 1.54) is 11.1 Å². The molecule has 2 aromatic rings. The summed E-state index contributed by atoms with van der Waals surface area (Å²) in [6, 6.07) is 15.1. The van der Waals surface area contributed by atoms with Gasteiger partial charge in [0.25, 0.3) is 0 Å². The standard InChI is InChI=1S/C16H20N2O2S/c1-3-18-21(19,20)16-10-8-15(9-11-16)17-12-14-6-4-13(2)5-7-14/h4-11,17-18H,3,12H2,1-2H3. The van der Waals surface area contributed by atoms with Crippen LogP contribution in [0.3, 0.4) is 0 Å². The average Bonchev–Trinajstić information content (AvgIpc) is 2.47. The largest absolute Gasteiger partial charge is 0.381 e. The molecule has 4 nitrogen and oxygen atoms in total. The second-order valence-electron chi connectivity index (χ2n) is 4.86. The fourth-order valence-corrected chi connectivity index (χ4v) is 2.98. The molecule has 0 saturated carbocycles. The molecule has 0 atom stereocenters. The van der Waals surface area contributed by atoms with Crippen LogP contribution in [0.2, 0.25) is 0 Å². The van der Waals surface area contributed by atoms with Crippen LogP contribution in [0.4, 0.5) is 5.69 Å². The van der Waals surface area contributed by atoms with Crippen LogP contribution in [0.5, 0.6) is 0 Å². The van der Waals surface area contributed by atoms with Crippen LogP contribution in [0.25, 0.3) is 0 Å². The second-order valence-corrected chi connectivity index (χ2v) is 6.63. The third-order valence-electron chi connectivity index (χ3n) is 3.12. The summed E-state index contributed by atoms with van der Waals surface area (Å²) in [7, 11) is -3.38. The van der Waals surface area contributed by atoms with E-state index in [2.05, 4.69) is 41.2 Å². The van der Waals surface area contributed by atoms with Crippen LogP contribution in [-0.2, 0) is 16.6 Å². The maximum Gasteiger partial charge on any atom is 0.240 e. The third-order valence-corrected chi connectivity index (χ3v) is 4.68. The highest BCUT2D eigenvalue weighted by Crippen LogP contribution is 2.15. The van der Waals surface area contributed by atoms with E-state index in [1.54, 1.807) is 31.2 Å². The molecule has 0 radical (unpaired) electrons. The first-order chi connectivity index (χ1) is 10.0. The zero-order valence-corrected chi connectivity index (χ0v) is 13.1. The molecule has 0 amide bonds. The Morgan fingerprint density at radius 1 is 0.952 bits per heavy atom. The van der Waals surface area contributed by atoms with Crippen molar-refractivity contribution in [3.8, 4) is 0 Å². The highest BCUT2D eigenvalue weighted by molar-refractivity contribution is 7.89. The van der Waals surface area contributed by atoms with Gasteiger partial charge >= 0.3 is 0 Å². The molecule has 0 spiro atoms. The maximum atomic E-state index is 11.8. The Morgan fingerprint density at radius 3 is 2.14 bits per heavy atom. The van der Waals surface area contributed by atoms with E-state index in [1.807, 2.05) is 0 Å². The van der Waals surface area contributed by atoms with Gasteiger partial charge in [-0.25, -0.2) is 13.1 Å². The number of rotatable bonds is 6. The van der Waals surface area contributed by atoms with Gasteiger partial charge in [0.15, 0.2) is 0 Å². The topological polar surface area (TPSA) is 58.2 Å². The molecule has 0 aliphatic rings. The van der Waals surface area contributed by atoms with Gasteiger partial charge in [-0.1, -0.05) is 36.8 Å². The summed E-state index contributed by atoms with van der Waals surface area (Å²) in [5.41, 5.74) is 3.31. The lowest BCUT2D eigenvalue weighted by Crippen LogP contribution is -2.23. The van der Waals surface area contributed by atoms with E-state index in [9.17, 15) is 8.42 Å². The molecule has 0 saturated heterocycles.